The third kappa shape index (κ3) is 8.32. The smallest absolute Gasteiger partial charge is 0.226 e. The number of nitrogens with one attached hydrogen (secondary N) is 1. The van der Waals surface area contributed by atoms with Crippen LogP contribution in [0.25, 0.3) is 0 Å². The lowest BCUT2D eigenvalue weighted by Crippen LogP contribution is -2.32. The van der Waals surface area contributed by atoms with Gasteiger partial charge in [-0.05, 0) is 33.9 Å². The predicted molar refractivity (Wildman–Crippen MR) is 66.8 cm³/mol. The van der Waals surface area contributed by atoms with Crippen LogP contribution in [0, 0.1) is 0 Å². The van der Waals surface area contributed by atoms with Gasteiger partial charge in [-0.1, -0.05) is 12.2 Å². The number of rotatable bonds is 7. The van der Waals surface area contributed by atoms with Crippen LogP contribution in [0.15, 0.2) is 0 Å². The summed E-state index contributed by atoms with van der Waals surface area (Å²) in [6.07, 6.45) is 1.09. The first-order valence-corrected chi connectivity index (χ1v) is 5.59. The summed E-state index contributed by atoms with van der Waals surface area (Å²) in [7, 11) is 2.07. The number of amides is 1. The predicted octanol–water partition coefficient (Wildman–Crippen LogP) is 0.509. The molecule has 3 N–H and O–H groups in total. The van der Waals surface area contributed by atoms with Crippen molar-refractivity contribution in [3.05, 3.63) is 0 Å². The SMILES string of the molecule is CC(C)N(C)CCCNC(=O)CC(N)=S. The van der Waals surface area contributed by atoms with E-state index < -0.39 is 0 Å². The second-order valence-electron chi connectivity index (χ2n) is 3.92. The molecule has 0 aliphatic carbocycles. The van der Waals surface area contributed by atoms with Gasteiger partial charge in [-0.3, -0.25) is 4.79 Å². The normalized spacial score (nSPS) is 10.7. The van der Waals surface area contributed by atoms with Crippen molar-refractivity contribution in [3.8, 4) is 0 Å². The fourth-order valence-electron chi connectivity index (χ4n) is 1.04. The lowest BCUT2D eigenvalue weighted by Gasteiger charge is -2.20. The Labute approximate surface area is 97.2 Å². The lowest BCUT2D eigenvalue weighted by molar-refractivity contribution is -0.119. The van der Waals surface area contributed by atoms with E-state index >= 15 is 0 Å². The largest absolute Gasteiger partial charge is 0.393 e. The molecular weight excluding hydrogens is 210 g/mol. The van der Waals surface area contributed by atoms with E-state index in [1.807, 2.05) is 0 Å². The summed E-state index contributed by atoms with van der Waals surface area (Å²) in [5.74, 6) is -0.0882. The fraction of sp³-hybridized carbons (Fsp3) is 0.800. The van der Waals surface area contributed by atoms with Crippen LogP contribution in [0.3, 0.4) is 0 Å². The number of hydrogen-bond acceptors (Lipinski definition) is 3. The number of nitrogens with zero attached hydrogens (tertiary/aromatic N) is 1. The van der Waals surface area contributed by atoms with Gasteiger partial charge in [-0.25, -0.2) is 0 Å². The molecule has 15 heavy (non-hydrogen) atoms. The van der Waals surface area contributed by atoms with Crippen molar-refractivity contribution < 1.29 is 4.79 Å². The van der Waals surface area contributed by atoms with E-state index in [9.17, 15) is 4.79 Å². The van der Waals surface area contributed by atoms with E-state index in [1.54, 1.807) is 0 Å². The molecule has 0 aromatic heterocycles. The number of carbonyl (C=O) groups excluding carboxylic acids is 1. The standard InChI is InChI=1S/C10H21N3OS/c1-8(2)13(3)6-4-5-12-10(14)7-9(11)15/h8H,4-7H2,1-3H3,(H2,11,15)(H,12,14). The molecule has 0 unspecified atom stereocenters. The van der Waals surface area contributed by atoms with Crippen LogP contribution in [0.2, 0.25) is 0 Å². The Hall–Kier alpha value is -0.680. The van der Waals surface area contributed by atoms with Gasteiger partial charge in [0.05, 0.1) is 11.4 Å². The average Bonchev–Trinajstić information content (AvgIpc) is 2.10. The molecule has 0 saturated heterocycles. The van der Waals surface area contributed by atoms with Gasteiger partial charge in [0.25, 0.3) is 0 Å². The van der Waals surface area contributed by atoms with Gasteiger partial charge in [0.2, 0.25) is 5.91 Å². The molecule has 0 rings (SSSR count). The summed E-state index contributed by atoms with van der Waals surface area (Å²) in [5.41, 5.74) is 5.25. The summed E-state index contributed by atoms with van der Waals surface area (Å²) in [5, 5.41) is 2.78. The first kappa shape index (κ1) is 14.3. The summed E-state index contributed by atoms with van der Waals surface area (Å²) in [6.45, 7) is 5.94. The van der Waals surface area contributed by atoms with Crippen LogP contribution in [-0.2, 0) is 4.79 Å². The maximum absolute atomic E-state index is 11.1. The molecule has 0 atom stereocenters. The first-order chi connectivity index (χ1) is 6.93. The molecule has 0 aromatic rings. The lowest BCUT2D eigenvalue weighted by atomic mass is 10.3. The van der Waals surface area contributed by atoms with Crippen molar-refractivity contribution in [2.45, 2.75) is 32.7 Å². The van der Waals surface area contributed by atoms with Crippen molar-refractivity contribution in [1.29, 1.82) is 0 Å². The van der Waals surface area contributed by atoms with E-state index in [2.05, 4.69) is 43.3 Å². The molecule has 0 fully saturated rings. The van der Waals surface area contributed by atoms with Crippen molar-refractivity contribution in [1.82, 2.24) is 10.2 Å². The van der Waals surface area contributed by atoms with Crippen LogP contribution in [0.1, 0.15) is 26.7 Å². The van der Waals surface area contributed by atoms with Crippen LogP contribution >= 0.6 is 12.2 Å². The molecule has 0 saturated carbocycles. The first-order valence-electron chi connectivity index (χ1n) is 5.18. The summed E-state index contributed by atoms with van der Waals surface area (Å²) in [4.78, 5) is 13.6. The third-order valence-electron chi connectivity index (χ3n) is 2.23. The van der Waals surface area contributed by atoms with E-state index in [0.29, 0.717) is 12.6 Å². The Balaban J connectivity index is 3.46. The Morgan fingerprint density at radius 3 is 2.60 bits per heavy atom. The maximum atomic E-state index is 11.1. The second kappa shape index (κ2) is 7.59. The summed E-state index contributed by atoms with van der Waals surface area (Å²) < 4.78 is 0. The zero-order valence-electron chi connectivity index (χ0n) is 9.75. The van der Waals surface area contributed by atoms with E-state index in [4.69, 9.17) is 5.73 Å². The number of thiocarbonyl (C=S) groups is 1. The van der Waals surface area contributed by atoms with Crippen molar-refractivity contribution in [2.75, 3.05) is 20.1 Å². The molecular formula is C10H21N3OS. The van der Waals surface area contributed by atoms with Crippen molar-refractivity contribution in [3.63, 3.8) is 0 Å². The molecule has 0 spiro atoms. The minimum atomic E-state index is -0.0882. The van der Waals surface area contributed by atoms with Crippen molar-refractivity contribution in [2.24, 2.45) is 5.73 Å². The second-order valence-corrected chi connectivity index (χ2v) is 4.45. The highest BCUT2D eigenvalue weighted by molar-refractivity contribution is 7.80. The molecule has 1 amide bonds. The quantitative estimate of drug-likeness (QED) is 0.495. The minimum absolute atomic E-state index is 0.0882. The van der Waals surface area contributed by atoms with E-state index in [-0.39, 0.29) is 17.3 Å². The van der Waals surface area contributed by atoms with Gasteiger partial charge in [0.15, 0.2) is 0 Å². The Kier molecular flexibility index (Phi) is 7.25. The highest BCUT2D eigenvalue weighted by Crippen LogP contribution is 1.94. The fourth-order valence-corrected chi connectivity index (χ4v) is 1.17. The Bertz CT molecular complexity index is 219. The zero-order valence-corrected chi connectivity index (χ0v) is 10.6. The van der Waals surface area contributed by atoms with Gasteiger partial charge in [-0.15, -0.1) is 0 Å². The zero-order chi connectivity index (χ0) is 11.8. The maximum Gasteiger partial charge on any atom is 0.226 e. The molecule has 0 radical (unpaired) electrons. The molecule has 0 aromatic carbocycles. The van der Waals surface area contributed by atoms with Crippen LogP contribution in [0.4, 0.5) is 0 Å². The molecule has 88 valence electrons. The molecule has 0 bridgehead atoms. The van der Waals surface area contributed by atoms with Crippen LogP contribution in [0.5, 0.6) is 0 Å². The van der Waals surface area contributed by atoms with Crippen LogP contribution in [-0.4, -0.2) is 42.0 Å². The minimum Gasteiger partial charge on any atom is -0.393 e. The molecule has 0 aliphatic rings. The number of nitrogens with two attached hydrogens (primary N) is 1. The highest BCUT2D eigenvalue weighted by Gasteiger charge is 2.04. The summed E-state index contributed by atoms with van der Waals surface area (Å²) in [6, 6.07) is 0.539. The van der Waals surface area contributed by atoms with Gasteiger partial charge >= 0.3 is 0 Å². The Morgan fingerprint density at radius 1 is 1.53 bits per heavy atom. The number of hydrogen-bond donors (Lipinski definition) is 2. The van der Waals surface area contributed by atoms with Gasteiger partial charge in [0, 0.05) is 12.6 Å². The van der Waals surface area contributed by atoms with Gasteiger partial charge in [-0.2, -0.15) is 0 Å². The molecule has 4 nitrogen and oxygen atoms in total. The third-order valence-corrected chi connectivity index (χ3v) is 2.37. The van der Waals surface area contributed by atoms with Crippen molar-refractivity contribution >= 4 is 23.1 Å². The Morgan fingerprint density at radius 2 is 2.13 bits per heavy atom. The van der Waals surface area contributed by atoms with E-state index in [0.717, 1.165) is 13.0 Å². The average molecular weight is 231 g/mol. The van der Waals surface area contributed by atoms with Gasteiger partial charge < -0.3 is 16.0 Å². The molecule has 0 aliphatic heterocycles. The summed E-state index contributed by atoms with van der Waals surface area (Å²) >= 11 is 4.64. The molecule has 0 heterocycles. The highest BCUT2D eigenvalue weighted by atomic mass is 32.1. The van der Waals surface area contributed by atoms with Crippen LogP contribution < -0.4 is 11.1 Å². The van der Waals surface area contributed by atoms with Gasteiger partial charge in [0.1, 0.15) is 0 Å². The number of carbonyl (C=O) groups is 1. The topological polar surface area (TPSA) is 58.4 Å². The molecule has 5 heteroatoms. The van der Waals surface area contributed by atoms with E-state index in [1.165, 1.54) is 0 Å². The monoisotopic (exact) mass is 231 g/mol.